The number of benzene rings is 1. The Balaban J connectivity index is 1.59. The summed E-state index contributed by atoms with van der Waals surface area (Å²) in [6, 6.07) is 9.40. The summed E-state index contributed by atoms with van der Waals surface area (Å²) in [5, 5.41) is 7.90. The third kappa shape index (κ3) is 4.56. The summed E-state index contributed by atoms with van der Waals surface area (Å²) in [4.78, 5) is 14.4. The van der Waals surface area contributed by atoms with Crippen molar-refractivity contribution in [2.75, 3.05) is 31.6 Å². The van der Waals surface area contributed by atoms with Crippen molar-refractivity contribution in [2.45, 2.75) is 19.6 Å². The number of amides is 1. The molecule has 24 heavy (non-hydrogen) atoms. The van der Waals surface area contributed by atoms with Crippen LogP contribution in [0.1, 0.15) is 12.5 Å². The van der Waals surface area contributed by atoms with E-state index < -0.39 is 0 Å². The molecule has 128 valence electrons. The molecular formula is C17H21ClN4O2. The molecule has 0 bridgehead atoms. The molecule has 7 heteroatoms. The minimum atomic E-state index is -0.0445. The van der Waals surface area contributed by atoms with Gasteiger partial charge in [0, 0.05) is 24.2 Å². The first kappa shape index (κ1) is 17.0. The van der Waals surface area contributed by atoms with E-state index in [2.05, 4.69) is 15.3 Å². The van der Waals surface area contributed by atoms with Gasteiger partial charge >= 0.3 is 0 Å². The van der Waals surface area contributed by atoms with Crippen molar-refractivity contribution in [3.05, 3.63) is 47.1 Å². The van der Waals surface area contributed by atoms with Gasteiger partial charge in [-0.2, -0.15) is 5.10 Å². The second kappa shape index (κ2) is 7.79. The van der Waals surface area contributed by atoms with Crippen LogP contribution in [0.25, 0.3) is 0 Å². The summed E-state index contributed by atoms with van der Waals surface area (Å²) in [6.07, 6.45) is 1.84. The number of anilines is 1. The molecule has 0 aliphatic carbocycles. The van der Waals surface area contributed by atoms with Crippen molar-refractivity contribution >= 4 is 23.3 Å². The van der Waals surface area contributed by atoms with E-state index in [0.717, 1.165) is 18.7 Å². The number of hydrogen-bond donors (Lipinski definition) is 1. The maximum absolute atomic E-state index is 12.3. The highest BCUT2D eigenvalue weighted by atomic mass is 35.5. The van der Waals surface area contributed by atoms with Crippen LogP contribution in [0.3, 0.4) is 0 Å². The monoisotopic (exact) mass is 348 g/mol. The van der Waals surface area contributed by atoms with Crippen LogP contribution in [0.2, 0.25) is 5.02 Å². The minimum Gasteiger partial charge on any atom is -0.376 e. The molecule has 1 amide bonds. The second-order valence-electron chi connectivity index (χ2n) is 5.97. The molecule has 6 nitrogen and oxygen atoms in total. The lowest BCUT2D eigenvalue weighted by atomic mass is 10.2. The van der Waals surface area contributed by atoms with E-state index >= 15 is 0 Å². The molecule has 3 rings (SSSR count). The van der Waals surface area contributed by atoms with Crippen molar-refractivity contribution in [3.8, 4) is 0 Å². The van der Waals surface area contributed by atoms with Gasteiger partial charge in [0.2, 0.25) is 5.91 Å². The zero-order chi connectivity index (χ0) is 16.9. The van der Waals surface area contributed by atoms with Gasteiger partial charge in [-0.3, -0.25) is 9.69 Å². The average Bonchev–Trinajstić information content (AvgIpc) is 2.94. The molecule has 0 saturated carbocycles. The fourth-order valence-electron chi connectivity index (χ4n) is 2.79. The Morgan fingerprint density at radius 2 is 2.33 bits per heavy atom. The van der Waals surface area contributed by atoms with Crippen LogP contribution in [0.15, 0.2) is 36.5 Å². The maximum Gasteiger partial charge on any atom is 0.239 e. The zero-order valence-corrected chi connectivity index (χ0v) is 14.4. The largest absolute Gasteiger partial charge is 0.376 e. The summed E-state index contributed by atoms with van der Waals surface area (Å²) in [5.41, 5.74) is 1.03. The van der Waals surface area contributed by atoms with Gasteiger partial charge in [0.15, 0.2) is 0 Å². The van der Waals surface area contributed by atoms with E-state index in [1.807, 2.05) is 31.2 Å². The first-order valence-electron chi connectivity index (χ1n) is 8.00. The Morgan fingerprint density at radius 1 is 1.46 bits per heavy atom. The van der Waals surface area contributed by atoms with E-state index in [9.17, 15) is 4.79 Å². The number of nitrogens with one attached hydrogen (secondary N) is 1. The smallest absolute Gasteiger partial charge is 0.239 e. The lowest BCUT2D eigenvalue weighted by Gasteiger charge is -2.30. The van der Waals surface area contributed by atoms with Gasteiger partial charge in [-0.1, -0.05) is 23.7 Å². The predicted octanol–water partition coefficient (Wildman–Crippen LogP) is 2.24. The summed E-state index contributed by atoms with van der Waals surface area (Å²) in [6.45, 7) is 5.15. The Hall–Kier alpha value is -1.89. The number of rotatable bonds is 5. The minimum absolute atomic E-state index is 0.0445. The summed E-state index contributed by atoms with van der Waals surface area (Å²) < 4.78 is 7.25. The Kier molecular flexibility index (Phi) is 5.50. The van der Waals surface area contributed by atoms with Crippen molar-refractivity contribution in [2.24, 2.45) is 0 Å². The third-order valence-corrected chi connectivity index (χ3v) is 4.13. The van der Waals surface area contributed by atoms with E-state index in [1.165, 1.54) is 0 Å². The topological polar surface area (TPSA) is 59.4 Å². The quantitative estimate of drug-likeness (QED) is 0.900. The van der Waals surface area contributed by atoms with Gasteiger partial charge in [-0.15, -0.1) is 0 Å². The van der Waals surface area contributed by atoms with Crippen LogP contribution in [0.4, 0.5) is 5.82 Å². The number of halogens is 1. The fraction of sp³-hybridized carbons (Fsp3) is 0.412. The number of morpholine rings is 1. The van der Waals surface area contributed by atoms with Crippen molar-refractivity contribution < 1.29 is 9.53 Å². The van der Waals surface area contributed by atoms with Gasteiger partial charge < -0.3 is 10.1 Å². The van der Waals surface area contributed by atoms with Gasteiger partial charge in [-0.25, -0.2) is 4.68 Å². The molecule has 0 unspecified atom stereocenters. The summed E-state index contributed by atoms with van der Waals surface area (Å²) in [7, 11) is 0. The van der Waals surface area contributed by atoms with E-state index in [1.54, 1.807) is 16.9 Å². The highest BCUT2D eigenvalue weighted by molar-refractivity contribution is 6.30. The fourth-order valence-corrected chi connectivity index (χ4v) is 3.01. The molecule has 0 spiro atoms. The van der Waals surface area contributed by atoms with Crippen LogP contribution >= 0.6 is 11.6 Å². The SMILES string of the molecule is C[C@@H]1CN(CC(=O)Nc2ccnn2Cc2cccc(Cl)c2)CCO1. The highest BCUT2D eigenvalue weighted by Gasteiger charge is 2.19. The first-order chi connectivity index (χ1) is 11.6. The zero-order valence-electron chi connectivity index (χ0n) is 13.6. The standard InChI is InChI=1S/C17H21ClN4O2/c1-13-10-21(7-8-24-13)12-17(23)20-16-5-6-19-22(16)11-14-3-2-4-15(18)9-14/h2-6,9,13H,7-8,10-12H2,1H3,(H,20,23)/t13-/m1/s1. The molecular weight excluding hydrogens is 328 g/mol. The Labute approximate surface area is 146 Å². The molecule has 2 heterocycles. The first-order valence-corrected chi connectivity index (χ1v) is 8.38. The second-order valence-corrected chi connectivity index (χ2v) is 6.41. The van der Waals surface area contributed by atoms with Gasteiger partial charge in [-0.05, 0) is 24.6 Å². The highest BCUT2D eigenvalue weighted by Crippen LogP contribution is 2.14. The lowest BCUT2D eigenvalue weighted by molar-refractivity contribution is -0.119. The molecule has 1 fully saturated rings. The molecule has 1 N–H and O–H groups in total. The molecule has 1 saturated heterocycles. The molecule has 2 aromatic rings. The van der Waals surface area contributed by atoms with Crippen molar-refractivity contribution in [3.63, 3.8) is 0 Å². The Bertz CT molecular complexity index is 703. The number of hydrogen-bond acceptors (Lipinski definition) is 4. The third-order valence-electron chi connectivity index (χ3n) is 3.90. The summed E-state index contributed by atoms with van der Waals surface area (Å²) in [5.74, 6) is 0.637. The number of nitrogens with zero attached hydrogens (tertiary/aromatic N) is 3. The van der Waals surface area contributed by atoms with Gasteiger partial charge in [0.25, 0.3) is 0 Å². The van der Waals surface area contributed by atoms with Crippen LogP contribution in [-0.4, -0.2) is 52.9 Å². The molecule has 1 atom stereocenters. The van der Waals surface area contributed by atoms with E-state index in [0.29, 0.717) is 30.5 Å². The lowest BCUT2D eigenvalue weighted by Crippen LogP contribution is -2.44. The average molecular weight is 349 g/mol. The molecule has 1 aliphatic rings. The Morgan fingerprint density at radius 3 is 3.12 bits per heavy atom. The van der Waals surface area contributed by atoms with Crippen LogP contribution in [0.5, 0.6) is 0 Å². The number of aromatic nitrogens is 2. The summed E-state index contributed by atoms with van der Waals surface area (Å²) >= 11 is 6.01. The number of carbonyl (C=O) groups is 1. The maximum atomic E-state index is 12.3. The molecule has 1 aromatic carbocycles. The van der Waals surface area contributed by atoms with Crippen molar-refractivity contribution in [1.82, 2.24) is 14.7 Å². The van der Waals surface area contributed by atoms with Crippen LogP contribution < -0.4 is 5.32 Å². The number of ether oxygens (including phenoxy) is 1. The van der Waals surface area contributed by atoms with Crippen LogP contribution in [0, 0.1) is 0 Å². The van der Waals surface area contributed by atoms with Gasteiger partial charge in [0.05, 0.1) is 32.0 Å². The van der Waals surface area contributed by atoms with Crippen LogP contribution in [-0.2, 0) is 16.1 Å². The van der Waals surface area contributed by atoms with Gasteiger partial charge in [0.1, 0.15) is 5.82 Å². The molecule has 1 aromatic heterocycles. The van der Waals surface area contributed by atoms with E-state index in [-0.39, 0.29) is 12.0 Å². The van der Waals surface area contributed by atoms with E-state index in [4.69, 9.17) is 16.3 Å². The molecule has 0 radical (unpaired) electrons. The number of carbonyl (C=O) groups excluding carboxylic acids is 1. The molecule has 1 aliphatic heterocycles. The predicted molar refractivity (Wildman–Crippen MR) is 93.3 cm³/mol. The van der Waals surface area contributed by atoms with Crippen molar-refractivity contribution in [1.29, 1.82) is 0 Å². The normalized spacial score (nSPS) is 18.5.